The fraction of sp³-hybridized carbons (Fsp3) is 0.182. The number of benzene rings is 2. The molecule has 0 radical (unpaired) electrons. The molecule has 2 aromatic carbocycles. The number of fused-ring (bicyclic) bond motifs is 3. The van der Waals surface area contributed by atoms with E-state index in [1.54, 1.807) is 27.9 Å². The summed E-state index contributed by atoms with van der Waals surface area (Å²) in [5.41, 5.74) is 2.59. The topological polar surface area (TPSA) is 82.8 Å². The van der Waals surface area contributed by atoms with E-state index in [9.17, 15) is 14.0 Å². The lowest BCUT2D eigenvalue weighted by molar-refractivity contribution is -0.114. The van der Waals surface area contributed by atoms with Crippen LogP contribution in [-0.2, 0) is 4.79 Å². The number of anilines is 2. The molecule has 3 aromatic rings. The maximum Gasteiger partial charge on any atom is 0.331 e. The Labute approximate surface area is 177 Å². The zero-order valence-corrected chi connectivity index (χ0v) is 16.7. The normalized spacial score (nSPS) is 14.9. The first kappa shape index (κ1) is 19.0. The Balaban J connectivity index is 1.53. The van der Waals surface area contributed by atoms with Crippen LogP contribution in [0.4, 0.5) is 20.7 Å². The third kappa shape index (κ3) is 3.24. The zero-order chi connectivity index (χ0) is 21.5. The van der Waals surface area contributed by atoms with Gasteiger partial charge < -0.3 is 5.32 Å². The molecule has 156 valence electrons. The first-order valence-electron chi connectivity index (χ1n) is 9.86. The van der Waals surface area contributed by atoms with Gasteiger partial charge in [-0.05, 0) is 31.2 Å². The lowest BCUT2D eigenvalue weighted by Gasteiger charge is -2.33. The number of hydrogen-bond acceptors (Lipinski definition) is 4. The number of aromatic nitrogens is 2. The molecule has 0 spiro atoms. The van der Waals surface area contributed by atoms with Crippen molar-refractivity contribution in [3.8, 4) is 5.69 Å². The van der Waals surface area contributed by atoms with Gasteiger partial charge in [0, 0.05) is 6.54 Å². The van der Waals surface area contributed by atoms with Crippen LogP contribution >= 0.6 is 0 Å². The number of carbonyl (C=O) groups excluding carboxylic acids is 2. The van der Waals surface area contributed by atoms with Crippen molar-refractivity contribution in [3.05, 3.63) is 71.7 Å². The minimum Gasteiger partial charge on any atom is -0.322 e. The number of nitrogens with one attached hydrogen (secondary N) is 1. The second-order valence-electron chi connectivity index (χ2n) is 7.38. The summed E-state index contributed by atoms with van der Waals surface area (Å²) in [6, 6.07) is 13.2. The fourth-order valence-electron chi connectivity index (χ4n) is 3.77. The number of carbonyl (C=O) groups is 2. The molecule has 3 amide bonds. The number of para-hydroxylation sites is 1. The molecule has 0 bridgehead atoms. The second-order valence-corrected chi connectivity index (χ2v) is 7.38. The number of aryl methyl sites for hydroxylation is 1. The molecule has 9 heteroatoms. The van der Waals surface area contributed by atoms with Gasteiger partial charge in [0.25, 0.3) is 0 Å². The largest absolute Gasteiger partial charge is 0.331 e. The highest BCUT2D eigenvalue weighted by Gasteiger charge is 2.41. The summed E-state index contributed by atoms with van der Waals surface area (Å²) in [6.45, 7) is 2.62. The number of urea groups is 1. The van der Waals surface area contributed by atoms with Gasteiger partial charge in [-0.15, -0.1) is 0 Å². The van der Waals surface area contributed by atoms with Crippen LogP contribution in [0.5, 0.6) is 0 Å². The zero-order valence-electron chi connectivity index (χ0n) is 16.7. The first-order chi connectivity index (χ1) is 15.0. The number of hydrogen-bond donors (Lipinski definition) is 1. The number of halogens is 1. The third-order valence-electron chi connectivity index (χ3n) is 5.27. The monoisotopic (exact) mass is 418 g/mol. The standard InChI is InChI=1S/C22H19FN6O2/c1-14-6-8-15(9-7-14)29-21-16(12-25-29)20-24-10-11-27(20)22(31)28(21)13-19(30)26-18-5-3-2-4-17(18)23/h2-9,12H,10-11,13H2,1H3,(H,26,30). The van der Waals surface area contributed by atoms with Crippen LogP contribution in [0.15, 0.2) is 59.7 Å². The highest BCUT2D eigenvalue weighted by Crippen LogP contribution is 2.33. The highest BCUT2D eigenvalue weighted by molar-refractivity contribution is 6.20. The van der Waals surface area contributed by atoms with Gasteiger partial charge in [-0.2, -0.15) is 5.10 Å². The van der Waals surface area contributed by atoms with Crippen LogP contribution in [0.3, 0.4) is 0 Å². The van der Waals surface area contributed by atoms with E-state index in [1.165, 1.54) is 17.0 Å². The van der Waals surface area contributed by atoms with E-state index in [0.29, 0.717) is 30.3 Å². The van der Waals surface area contributed by atoms with E-state index in [4.69, 9.17) is 0 Å². The Morgan fingerprint density at radius 2 is 1.94 bits per heavy atom. The Hall–Kier alpha value is -4.01. The smallest absolute Gasteiger partial charge is 0.322 e. The molecule has 1 aromatic heterocycles. The Kier molecular flexibility index (Phi) is 4.50. The van der Waals surface area contributed by atoms with Crippen LogP contribution in [0.25, 0.3) is 5.69 Å². The quantitative estimate of drug-likeness (QED) is 0.707. The van der Waals surface area contributed by atoms with Crippen LogP contribution in [0.2, 0.25) is 0 Å². The molecule has 8 nitrogen and oxygen atoms in total. The van der Waals surface area contributed by atoms with Gasteiger partial charge in [-0.1, -0.05) is 29.8 Å². The maximum atomic E-state index is 14.0. The van der Waals surface area contributed by atoms with Gasteiger partial charge in [0.1, 0.15) is 18.2 Å². The SMILES string of the molecule is Cc1ccc(-n2ncc3c2N(CC(=O)Nc2ccccc2F)C(=O)N2CCN=C32)cc1. The Morgan fingerprint density at radius 3 is 2.71 bits per heavy atom. The first-order valence-corrected chi connectivity index (χ1v) is 9.86. The van der Waals surface area contributed by atoms with Gasteiger partial charge in [0.05, 0.1) is 29.7 Å². The van der Waals surface area contributed by atoms with Crippen molar-refractivity contribution in [2.75, 3.05) is 29.9 Å². The van der Waals surface area contributed by atoms with Crippen molar-refractivity contribution in [2.24, 2.45) is 4.99 Å². The van der Waals surface area contributed by atoms with Crippen LogP contribution in [0, 0.1) is 12.7 Å². The van der Waals surface area contributed by atoms with E-state index in [-0.39, 0.29) is 18.3 Å². The number of rotatable bonds is 4. The van der Waals surface area contributed by atoms with E-state index >= 15 is 0 Å². The van der Waals surface area contributed by atoms with Crippen molar-refractivity contribution in [2.45, 2.75) is 6.92 Å². The van der Waals surface area contributed by atoms with Gasteiger partial charge in [-0.3, -0.25) is 19.6 Å². The van der Waals surface area contributed by atoms with Crippen LogP contribution in [-0.4, -0.2) is 52.1 Å². The Bertz CT molecular complexity index is 1220. The molecule has 2 aliphatic rings. The lowest BCUT2D eigenvalue weighted by atomic mass is 10.2. The van der Waals surface area contributed by atoms with Crippen molar-refractivity contribution < 1.29 is 14.0 Å². The van der Waals surface area contributed by atoms with Crippen LogP contribution in [0.1, 0.15) is 11.1 Å². The van der Waals surface area contributed by atoms with Gasteiger partial charge in [0.2, 0.25) is 5.91 Å². The van der Waals surface area contributed by atoms with E-state index in [2.05, 4.69) is 15.4 Å². The van der Waals surface area contributed by atoms with Crippen molar-refractivity contribution in [1.29, 1.82) is 0 Å². The summed E-state index contributed by atoms with van der Waals surface area (Å²) in [5.74, 6) is -0.0284. The molecule has 3 heterocycles. The van der Waals surface area contributed by atoms with Crippen LogP contribution < -0.4 is 10.2 Å². The molecule has 0 saturated heterocycles. The van der Waals surface area contributed by atoms with Crippen molar-refractivity contribution >= 4 is 29.3 Å². The average Bonchev–Trinajstić information content (AvgIpc) is 3.41. The summed E-state index contributed by atoms with van der Waals surface area (Å²) >= 11 is 0. The van der Waals surface area contributed by atoms with Gasteiger partial charge in [0.15, 0.2) is 5.82 Å². The molecule has 31 heavy (non-hydrogen) atoms. The molecule has 0 saturated carbocycles. The van der Waals surface area contributed by atoms with E-state index in [0.717, 1.165) is 11.3 Å². The van der Waals surface area contributed by atoms with Crippen molar-refractivity contribution in [3.63, 3.8) is 0 Å². The summed E-state index contributed by atoms with van der Waals surface area (Å²) in [7, 11) is 0. The summed E-state index contributed by atoms with van der Waals surface area (Å²) in [4.78, 5) is 33.3. The average molecular weight is 418 g/mol. The molecule has 0 unspecified atom stereocenters. The van der Waals surface area contributed by atoms with Gasteiger partial charge in [-0.25, -0.2) is 13.9 Å². The summed E-state index contributed by atoms with van der Waals surface area (Å²) < 4.78 is 15.6. The van der Waals surface area contributed by atoms with E-state index in [1.807, 2.05) is 31.2 Å². The lowest BCUT2D eigenvalue weighted by Crippen LogP contribution is -2.52. The molecular formula is C22H19FN6O2. The predicted molar refractivity (Wildman–Crippen MR) is 114 cm³/mol. The molecular weight excluding hydrogens is 399 g/mol. The molecule has 2 aliphatic heterocycles. The summed E-state index contributed by atoms with van der Waals surface area (Å²) in [5, 5.41) is 7.01. The predicted octanol–water partition coefficient (Wildman–Crippen LogP) is 2.96. The molecule has 5 rings (SSSR count). The number of amides is 3. The minimum atomic E-state index is -0.542. The molecule has 0 fully saturated rings. The van der Waals surface area contributed by atoms with Gasteiger partial charge >= 0.3 is 6.03 Å². The molecule has 1 N–H and O–H groups in total. The third-order valence-corrected chi connectivity index (χ3v) is 5.27. The number of nitrogens with zero attached hydrogens (tertiary/aromatic N) is 5. The highest BCUT2D eigenvalue weighted by atomic mass is 19.1. The second kappa shape index (κ2) is 7.35. The molecule has 0 atom stereocenters. The minimum absolute atomic E-state index is 0.0626. The molecule has 0 aliphatic carbocycles. The van der Waals surface area contributed by atoms with E-state index < -0.39 is 11.7 Å². The summed E-state index contributed by atoms with van der Waals surface area (Å²) in [6.07, 6.45) is 1.65. The maximum absolute atomic E-state index is 14.0. The number of aliphatic imine (C=N–C) groups is 1. The van der Waals surface area contributed by atoms with Crippen molar-refractivity contribution in [1.82, 2.24) is 14.7 Å². The Morgan fingerprint density at radius 1 is 1.16 bits per heavy atom. The number of amidine groups is 1. The fourth-order valence-corrected chi connectivity index (χ4v) is 3.77.